The van der Waals surface area contributed by atoms with Gasteiger partial charge in [0.05, 0.1) is 0 Å². The molecule has 1 N–H and O–H groups in total. The second kappa shape index (κ2) is 5.98. The molecule has 0 aliphatic heterocycles. The van der Waals surface area contributed by atoms with Crippen LogP contribution in [0.2, 0.25) is 0 Å². The average Bonchev–Trinajstić information content (AvgIpc) is 2.56. The number of aromatic hydroxyl groups is 1. The zero-order chi connectivity index (χ0) is 14.5. The lowest BCUT2D eigenvalue weighted by molar-refractivity contribution is 0.475. The number of hydrogen-bond donors (Lipinski definition) is 1. The van der Waals surface area contributed by atoms with Crippen molar-refractivity contribution in [3.8, 4) is 28.7 Å². The fourth-order valence-electron chi connectivity index (χ4n) is 2.07. The smallest absolute Gasteiger partial charge is 0.115 e. The molecular formula is C20H14O. The highest BCUT2D eigenvalue weighted by Crippen LogP contribution is 2.19. The van der Waals surface area contributed by atoms with Crippen molar-refractivity contribution in [1.29, 1.82) is 0 Å². The second-order valence-electron chi connectivity index (χ2n) is 4.74. The predicted octanol–water partition coefficient (Wildman–Crippen LogP) is 4.46. The third-order valence-corrected chi connectivity index (χ3v) is 3.21. The van der Waals surface area contributed by atoms with Gasteiger partial charge in [0.1, 0.15) is 5.75 Å². The summed E-state index contributed by atoms with van der Waals surface area (Å²) in [6, 6.07) is 25.4. The van der Waals surface area contributed by atoms with Crippen LogP contribution < -0.4 is 0 Å². The van der Waals surface area contributed by atoms with Crippen molar-refractivity contribution in [2.75, 3.05) is 0 Å². The molecule has 0 aliphatic carbocycles. The van der Waals surface area contributed by atoms with Crippen LogP contribution in [0.3, 0.4) is 0 Å². The largest absolute Gasteiger partial charge is 0.508 e. The van der Waals surface area contributed by atoms with Crippen molar-refractivity contribution in [2.24, 2.45) is 0 Å². The zero-order valence-corrected chi connectivity index (χ0v) is 11.5. The number of benzene rings is 3. The van der Waals surface area contributed by atoms with E-state index in [0.29, 0.717) is 0 Å². The summed E-state index contributed by atoms with van der Waals surface area (Å²) in [6.07, 6.45) is 0. The Bertz CT molecular complexity index is 773. The first-order valence-corrected chi connectivity index (χ1v) is 6.78. The topological polar surface area (TPSA) is 20.2 Å². The summed E-state index contributed by atoms with van der Waals surface area (Å²) < 4.78 is 0. The maximum absolute atomic E-state index is 9.23. The molecule has 1 nitrogen and oxygen atoms in total. The van der Waals surface area contributed by atoms with Gasteiger partial charge >= 0.3 is 0 Å². The Morgan fingerprint density at radius 3 is 1.57 bits per heavy atom. The molecule has 0 aliphatic rings. The van der Waals surface area contributed by atoms with Crippen LogP contribution in [0, 0.1) is 11.8 Å². The highest BCUT2D eigenvalue weighted by atomic mass is 16.3. The molecule has 21 heavy (non-hydrogen) atoms. The summed E-state index contributed by atoms with van der Waals surface area (Å²) in [6.45, 7) is 0. The van der Waals surface area contributed by atoms with Crippen molar-refractivity contribution in [3.05, 3.63) is 90.0 Å². The molecule has 0 bridgehead atoms. The van der Waals surface area contributed by atoms with Gasteiger partial charge in [0.25, 0.3) is 0 Å². The Kier molecular flexibility index (Phi) is 3.71. The summed E-state index contributed by atoms with van der Waals surface area (Å²) in [5.74, 6) is 6.47. The van der Waals surface area contributed by atoms with Crippen molar-refractivity contribution in [1.82, 2.24) is 0 Å². The van der Waals surface area contributed by atoms with Crippen LogP contribution in [0.25, 0.3) is 11.1 Å². The van der Waals surface area contributed by atoms with Gasteiger partial charge in [-0.25, -0.2) is 0 Å². The zero-order valence-electron chi connectivity index (χ0n) is 11.5. The van der Waals surface area contributed by atoms with Crippen molar-refractivity contribution in [3.63, 3.8) is 0 Å². The maximum Gasteiger partial charge on any atom is 0.115 e. The SMILES string of the molecule is Oc1ccc(C#Cc2ccc(-c3ccccc3)cc2)cc1. The Morgan fingerprint density at radius 1 is 0.524 bits per heavy atom. The summed E-state index contributed by atoms with van der Waals surface area (Å²) >= 11 is 0. The molecule has 1 heteroatoms. The van der Waals surface area contributed by atoms with E-state index < -0.39 is 0 Å². The fraction of sp³-hybridized carbons (Fsp3) is 0. The molecular weight excluding hydrogens is 256 g/mol. The van der Waals surface area contributed by atoms with Gasteiger partial charge in [0.15, 0.2) is 0 Å². The van der Waals surface area contributed by atoms with Gasteiger partial charge in [-0.05, 0) is 47.5 Å². The first kappa shape index (κ1) is 13.0. The number of hydrogen-bond acceptors (Lipinski definition) is 1. The quantitative estimate of drug-likeness (QED) is 0.647. The fourth-order valence-corrected chi connectivity index (χ4v) is 2.07. The molecule has 0 saturated heterocycles. The molecule has 3 rings (SSSR count). The monoisotopic (exact) mass is 270 g/mol. The predicted molar refractivity (Wildman–Crippen MR) is 86.0 cm³/mol. The molecule has 0 amide bonds. The Labute approximate surface area is 124 Å². The lowest BCUT2D eigenvalue weighted by Gasteiger charge is -2.00. The van der Waals surface area contributed by atoms with E-state index in [1.54, 1.807) is 24.3 Å². The molecule has 0 fully saturated rings. The minimum absolute atomic E-state index is 0.257. The number of rotatable bonds is 1. The van der Waals surface area contributed by atoms with Crippen LogP contribution in [-0.4, -0.2) is 5.11 Å². The van der Waals surface area contributed by atoms with Gasteiger partial charge in [-0.3, -0.25) is 0 Å². The van der Waals surface area contributed by atoms with Crippen LogP contribution in [-0.2, 0) is 0 Å². The first-order chi connectivity index (χ1) is 10.3. The van der Waals surface area contributed by atoms with Crippen LogP contribution in [0.15, 0.2) is 78.9 Å². The van der Waals surface area contributed by atoms with E-state index in [1.807, 2.05) is 30.3 Å². The van der Waals surface area contributed by atoms with Gasteiger partial charge in [-0.1, -0.05) is 54.3 Å². The highest BCUT2D eigenvalue weighted by molar-refractivity contribution is 5.64. The van der Waals surface area contributed by atoms with Crippen molar-refractivity contribution < 1.29 is 5.11 Å². The maximum atomic E-state index is 9.23. The van der Waals surface area contributed by atoms with E-state index in [2.05, 4.69) is 36.1 Å². The minimum Gasteiger partial charge on any atom is -0.508 e. The molecule has 0 heterocycles. The molecule has 0 aromatic heterocycles. The van der Waals surface area contributed by atoms with Crippen molar-refractivity contribution >= 4 is 0 Å². The summed E-state index contributed by atoms with van der Waals surface area (Å²) in [7, 11) is 0. The summed E-state index contributed by atoms with van der Waals surface area (Å²) in [4.78, 5) is 0. The Morgan fingerprint density at radius 2 is 1.00 bits per heavy atom. The minimum atomic E-state index is 0.257. The second-order valence-corrected chi connectivity index (χ2v) is 4.74. The highest BCUT2D eigenvalue weighted by Gasteiger charge is 1.95. The van der Waals surface area contributed by atoms with Crippen LogP contribution in [0.5, 0.6) is 5.75 Å². The molecule has 0 spiro atoms. The third-order valence-electron chi connectivity index (χ3n) is 3.21. The van der Waals surface area contributed by atoms with E-state index >= 15 is 0 Å². The first-order valence-electron chi connectivity index (χ1n) is 6.78. The van der Waals surface area contributed by atoms with Crippen molar-refractivity contribution in [2.45, 2.75) is 0 Å². The van der Waals surface area contributed by atoms with E-state index in [-0.39, 0.29) is 5.75 Å². The van der Waals surface area contributed by atoms with Gasteiger partial charge in [0, 0.05) is 11.1 Å². The Hall–Kier alpha value is -2.98. The normalized spacial score (nSPS) is 9.71. The average molecular weight is 270 g/mol. The number of phenolic OH excluding ortho intramolecular Hbond substituents is 1. The van der Waals surface area contributed by atoms with Crippen LogP contribution in [0.4, 0.5) is 0 Å². The van der Waals surface area contributed by atoms with Gasteiger partial charge in [-0.2, -0.15) is 0 Å². The van der Waals surface area contributed by atoms with Crippen LogP contribution in [0.1, 0.15) is 11.1 Å². The van der Waals surface area contributed by atoms with Gasteiger partial charge in [-0.15, -0.1) is 0 Å². The van der Waals surface area contributed by atoms with Gasteiger partial charge in [0.2, 0.25) is 0 Å². The van der Waals surface area contributed by atoms with E-state index in [1.165, 1.54) is 11.1 Å². The molecule has 3 aromatic carbocycles. The molecule has 3 aromatic rings. The summed E-state index contributed by atoms with van der Waals surface area (Å²) in [5.41, 5.74) is 4.25. The van der Waals surface area contributed by atoms with E-state index in [4.69, 9.17) is 0 Å². The Balaban J connectivity index is 1.81. The van der Waals surface area contributed by atoms with E-state index in [0.717, 1.165) is 11.1 Å². The lowest BCUT2D eigenvalue weighted by Crippen LogP contribution is -1.79. The molecule has 0 saturated carbocycles. The summed E-state index contributed by atoms with van der Waals surface area (Å²) in [5, 5.41) is 9.23. The molecule has 0 atom stereocenters. The number of phenols is 1. The van der Waals surface area contributed by atoms with Gasteiger partial charge < -0.3 is 5.11 Å². The van der Waals surface area contributed by atoms with Crippen LogP contribution >= 0.6 is 0 Å². The standard InChI is InChI=1S/C20H14O/c21-20-14-10-17(11-15-20)7-6-16-8-12-19(13-9-16)18-4-2-1-3-5-18/h1-5,8-15,21H. The lowest BCUT2D eigenvalue weighted by atomic mass is 10.0. The molecule has 0 unspecified atom stereocenters. The van der Waals surface area contributed by atoms with E-state index in [9.17, 15) is 5.11 Å². The third kappa shape index (κ3) is 3.32. The molecule has 0 radical (unpaired) electrons. The molecule has 100 valence electrons.